The molecule has 166 valence electrons. The Labute approximate surface area is 180 Å². The summed E-state index contributed by atoms with van der Waals surface area (Å²) in [6.07, 6.45) is 1.19. The fourth-order valence-electron chi connectivity index (χ4n) is 4.13. The van der Waals surface area contributed by atoms with Gasteiger partial charge in [-0.2, -0.15) is 0 Å². The van der Waals surface area contributed by atoms with E-state index in [2.05, 4.69) is 0 Å². The lowest BCUT2D eigenvalue weighted by molar-refractivity contribution is -0.141. The summed E-state index contributed by atoms with van der Waals surface area (Å²) in [5.41, 5.74) is -0.261. The number of amides is 2. The molecule has 1 aromatic heterocycles. The van der Waals surface area contributed by atoms with Gasteiger partial charge in [-0.15, -0.1) is 0 Å². The number of hydrogen-bond acceptors (Lipinski definition) is 6. The van der Waals surface area contributed by atoms with Crippen LogP contribution in [0.15, 0.2) is 33.5 Å². The van der Waals surface area contributed by atoms with Gasteiger partial charge in [0, 0.05) is 43.5 Å². The van der Waals surface area contributed by atoms with Crippen LogP contribution in [0.2, 0.25) is 0 Å². The van der Waals surface area contributed by atoms with Gasteiger partial charge in [-0.25, -0.2) is 4.79 Å². The maximum Gasteiger partial charge on any atom is 0.349 e. The number of morpholine rings is 1. The van der Waals surface area contributed by atoms with Crippen molar-refractivity contribution in [3.8, 4) is 5.75 Å². The number of piperidine rings is 1. The van der Waals surface area contributed by atoms with Crippen molar-refractivity contribution in [2.24, 2.45) is 5.92 Å². The maximum absolute atomic E-state index is 13.0. The first-order chi connectivity index (χ1) is 14.9. The van der Waals surface area contributed by atoms with Gasteiger partial charge in [-0.05, 0) is 44.9 Å². The molecular weight excluding hydrogens is 400 g/mol. The molecule has 4 rings (SSSR count). The van der Waals surface area contributed by atoms with Crippen LogP contribution >= 0.6 is 0 Å². The van der Waals surface area contributed by atoms with Crippen molar-refractivity contribution >= 4 is 22.8 Å². The molecule has 31 heavy (non-hydrogen) atoms. The molecule has 2 fully saturated rings. The highest BCUT2D eigenvalue weighted by Gasteiger charge is 2.32. The average Bonchev–Trinajstić information content (AvgIpc) is 2.78. The minimum atomic E-state index is -0.661. The van der Waals surface area contributed by atoms with E-state index in [9.17, 15) is 14.4 Å². The largest absolute Gasteiger partial charge is 0.491 e. The molecule has 2 aromatic rings. The number of fused-ring (bicyclic) bond motifs is 1. The van der Waals surface area contributed by atoms with Crippen molar-refractivity contribution in [3.05, 3.63) is 40.2 Å². The Hall–Kier alpha value is -2.87. The van der Waals surface area contributed by atoms with Crippen LogP contribution < -0.4 is 10.4 Å². The predicted octanol–water partition coefficient (Wildman–Crippen LogP) is 2.29. The van der Waals surface area contributed by atoms with Gasteiger partial charge < -0.3 is 23.7 Å². The summed E-state index contributed by atoms with van der Waals surface area (Å²) in [7, 11) is 0. The van der Waals surface area contributed by atoms with Crippen molar-refractivity contribution in [1.82, 2.24) is 9.80 Å². The van der Waals surface area contributed by atoms with Gasteiger partial charge in [0.05, 0.1) is 19.3 Å². The van der Waals surface area contributed by atoms with Crippen LogP contribution in [0, 0.1) is 5.92 Å². The normalized spacial score (nSPS) is 17.9. The first-order valence-electron chi connectivity index (χ1n) is 10.8. The lowest BCUT2D eigenvalue weighted by atomic mass is 9.94. The number of likely N-dealkylation sites (tertiary alicyclic amines) is 1. The van der Waals surface area contributed by atoms with E-state index in [4.69, 9.17) is 13.9 Å². The summed E-state index contributed by atoms with van der Waals surface area (Å²) in [4.78, 5) is 41.7. The maximum atomic E-state index is 13.0. The zero-order valence-corrected chi connectivity index (χ0v) is 18.0. The SMILES string of the molecule is CC(C)Oc1ccc2cc(C(=O)N3CCC(C(=O)N4CCOCC4)CC3)c(=O)oc2c1. The molecule has 0 aliphatic carbocycles. The molecular formula is C23H28N2O6. The van der Waals surface area contributed by atoms with Crippen LogP contribution in [-0.4, -0.2) is 67.1 Å². The summed E-state index contributed by atoms with van der Waals surface area (Å²) in [5.74, 6) is 0.307. The van der Waals surface area contributed by atoms with Gasteiger partial charge in [0.25, 0.3) is 5.91 Å². The topological polar surface area (TPSA) is 89.3 Å². The number of nitrogens with zero attached hydrogens (tertiary/aromatic N) is 2. The molecule has 2 amide bonds. The number of benzene rings is 1. The summed E-state index contributed by atoms with van der Waals surface area (Å²) >= 11 is 0. The van der Waals surface area contributed by atoms with Gasteiger partial charge in [-0.1, -0.05) is 0 Å². The summed E-state index contributed by atoms with van der Waals surface area (Å²) in [6, 6.07) is 6.81. The fourth-order valence-corrected chi connectivity index (χ4v) is 4.13. The van der Waals surface area contributed by atoms with E-state index in [0.717, 1.165) is 0 Å². The van der Waals surface area contributed by atoms with Crippen LogP contribution in [0.4, 0.5) is 0 Å². The first kappa shape index (κ1) is 21.4. The number of carbonyl (C=O) groups excluding carboxylic acids is 2. The Morgan fingerprint density at radius 3 is 2.42 bits per heavy atom. The number of ether oxygens (including phenoxy) is 2. The molecule has 1 aromatic carbocycles. The fraction of sp³-hybridized carbons (Fsp3) is 0.522. The molecule has 3 heterocycles. The highest BCUT2D eigenvalue weighted by atomic mass is 16.5. The zero-order valence-electron chi connectivity index (χ0n) is 18.0. The van der Waals surface area contributed by atoms with Crippen LogP contribution in [-0.2, 0) is 9.53 Å². The van der Waals surface area contributed by atoms with E-state index in [-0.39, 0.29) is 29.4 Å². The van der Waals surface area contributed by atoms with Crippen LogP contribution in [0.5, 0.6) is 5.75 Å². The van der Waals surface area contributed by atoms with E-state index in [1.54, 1.807) is 29.2 Å². The van der Waals surface area contributed by atoms with E-state index in [1.165, 1.54) is 0 Å². The third-order valence-corrected chi connectivity index (χ3v) is 5.76. The molecule has 2 aliphatic rings. The van der Waals surface area contributed by atoms with E-state index in [0.29, 0.717) is 69.0 Å². The summed E-state index contributed by atoms with van der Waals surface area (Å²) < 4.78 is 16.4. The molecule has 0 unspecified atom stereocenters. The Morgan fingerprint density at radius 1 is 1.03 bits per heavy atom. The third kappa shape index (κ3) is 4.74. The minimum absolute atomic E-state index is 0.00285. The average molecular weight is 428 g/mol. The number of carbonyl (C=O) groups is 2. The molecule has 2 aliphatic heterocycles. The van der Waals surface area contributed by atoms with Crippen molar-refractivity contribution in [1.29, 1.82) is 0 Å². The molecule has 0 bridgehead atoms. The van der Waals surface area contributed by atoms with Crippen molar-refractivity contribution < 1.29 is 23.5 Å². The van der Waals surface area contributed by atoms with Gasteiger partial charge >= 0.3 is 5.63 Å². The van der Waals surface area contributed by atoms with Crippen molar-refractivity contribution in [3.63, 3.8) is 0 Å². The molecule has 0 atom stereocenters. The third-order valence-electron chi connectivity index (χ3n) is 5.76. The quantitative estimate of drug-likeness (QED) is 0.695. The van der Waals surface area contributed by atoms with Gasteiger partial charge in [0.2, 0.25) is 5.91 Å². The molecule has 8 heteroatoms. The van der Waals surface area contributed by atoms with Crippen LogP contribution in [0.3, 0.4) is 0 Å². The van der Waals surface area contributed by atoms with Crippen molar-refractivity contribution in [2.75, 3.05) is 39.4 Å². The smallest absolute Gasteiger partial charge is 0.349 e. The zero-order chi connectivity index (χ0) is 22.0. The number of rotatable bonds is 4. The minimum Gasteiger partial charge on any atom is -0.491 e. The molecule has 8 nitrogen and oxygen atoms in total. The van der Waals surface area contributed by atoms with Gasteiger partial charge in [0.15, 0.2) is 0 Å². The predicted molar refractivity (Wildman–Crippen MR) is 114 cm³/mol. The second kappa shape index (κ2) is 9.09. The second-order valence-corrected chi connectivity index (χ2v) is 8.32. The Balaban J connectivity index is 1.44. The highest BCUT2D eigenvalue weighted by molar-refractivity contribution is 5.97. The van der Waals surface area contributed by atoms with Crippen LogP contribution in [0.1, 0.15) is 37.0 Å². The molecule has 0 saturated carbocycles. The molecule has 0 N–H and O–H groups in total. The highest BCUT2D eigenvalue weighted by Crippen LogP contribution is 2.24. The first-order valence-corrected chi connectivity index (χ1v) is 10.8. The van der Waals surface area contributed by atoms with Crippen LogP contribution in [0.25, 0.3) is 11.0 Å². The standard InChI is InChI=1S/C23H28N2O6/c1-15(2)30-18-4-3-17-13-19(23(28)31-20(17)14-18)22(27)24-7-5-16(6-8-24)21(26)25-9-11-29-12-10-25/h3-4,13-16H,5-12H2,1-2H3. The summed E-state index contributed by atoms with van der Waals surface area (Å²) in [6.45, 7) is 7.12. The van der Waals surface area contributed by atoms with Gasteiger partial charge in [-0.3, -0.25) is 9.59 Å². The monoisotopic (exact) mass is 428 g/mol. The summed E-state index contributed by atoms with van der Waals surface area (Å²) in [5, 5.41) is 0.663. The Bertz CT molecular complexity index is 1020. The lowest BCUT2D eigenvalue weighted by Gasteiger charge is -2.35. The second-order valence-electron chi connectivity index (χ2n) is 8.32. The van der Waals surface area contributed by atoms with E-state index < -0.39 is 5.63 Å². The molecule has 0 spiro atoms. The molecule has 0 radical (unpaired) electrons. The lowest BCUT2D eigenvalue weighted by Crippen LogP contribution is -2.48. The number of hydrogen-bond donors (Lipinski definition) is 0. The Kier molecular flexibility index (Phi) is 6.27. The van der Waals surface area contributed by atoms with Crippen molar-refractivity contribution in [2.45, 2.75) is 32.8 Å². The molecule has 2 saturated heterocycles. The van der Waals surface area contributed by atoms with E-state index >= 15 is 0 Å². The van der Waals surface area contributed by atoms with E-state index in [1.807, 2.05) is 18.7 Å². The Morgan fingerprint density at radius 2 is 1.74 bits per heavy atom. The van der Waals surface area contributed by atoms with Gasteiger partial charge in [0.1, 0.15) is 16.9 Å².